The van der Waals surface area contributed by atoms with Crippen LogP contribution in [0.15, 0.2) is 30.3 Å². The molecule has 0 spiro atoms. The van der Waals surface area contributed by atoms with Gasteiger partial charge in [0, 0.05) is 10.4 Å². The molecule has 0 aliphatic heterocycles. The van der Waals surface area contributed by atoms with E-state index in [9.17, 15) is 9.59 Å². The molecule has 1 aromatic carbocycles. The molecule has 1 heterocycles. The van der Waals surface area contributed by atoms with E-state index in [0.29, 0.717) is 17.1 Å². The number of thiophene rings is 1. The Morgan fingerprint density at radius 3 is 2.54 bits per heavy atom. The van der Waals surface area contributed by atoms with Crippen molar-refractivity contribution in [3.63, 3.8) is 0 Å². The van der Waals surface area contributed by atoms with Crippen LogP contribution in [0.2, 0.25) is 0 Å². The van der Waals surface area contributed by atoms with Gasteiger partial charge in [-0.05, 0) is 44.2 Å². The first-order valence-corrected chi connectivity index (χ1v) is 8.17. The number of carbonyl (C=O) groups excluding carboxylic acids is 1. The SMILES string of the molecule is COc1cc(C(=O)NCc2ccc(C(=O)O)s2)ccc1OC(C)C. The van der Waals surface area contributed by atoms with Crippen molar-refractivity contribution in [3.8, 4) is 11.5 Å². The van der Waals surface area contributed by atoms with Gasteiger partial charge in [-0.25, -0.2) is 4.79 Å². The third kappa shape index (κ3) is 4.48. The summed E-state index contributed by atoms with van der Waals surface area (Å²) in [7, 11) is 1.52. The van der Waals surface area contributed by atoms with Crippen LogP contribution in [0.5, 0.6) is 11.5 Å². The van der Waals surface area contributed by atoms with Gasteiger partial charge >= 0.3 is 5.97 Å². The Hall–Kier alpha value is -2.54. The van der Waals surface area contributed by atoms with Gasteiger partial charge in [0.1, 0.15) is 4.88 Å². The van der Waals surface area contributed by atoms with Gasteiger partial charge in [0.15, 0.2) is 11.5 Å². The first-order chi connectivity index (χ1) is 11.4. The topological polar surface area (TPSA) is 84.9 Å². The Labute approximate surface area is 144 Å². The summed E-state index contributed by atoms with van der Waals surface area (Å²) in [6, 6.07) is 8.18. The molecule has 0 aliphatic rings. The molecule has 128 valence electrons. The van der Waals surface area contributed by atoms with E-state index in [0.717, 1.165) is 16.2 Å². The Bertz CT molecular complexity index is 738. The smallest absolute Gasteiger partial charge is 0.345 e. The second-order valence-electron chi connectivity index (χ2n) is 5.29. The molecule has 1 amide bonds. The zero-order valence-electron chi connectivity index (χ0n) is 13.7. The summed E-state index contributed by atoms with van der Waals surface area (Å²) < 4.78 is 10.9. The Balaban J connectivity index is 2.04. The highest BCUT2D eigenvalue weighted by atomic mass is 32.1. The van der Waals surface area contributed by atoms with Crippen molar-refractivity contribution >= 4 is 23.2 Å². The second-order valence-corrected chi connectivity index (χ2v) is 6.45. The highest BCUT2D eigenvalue weighted by Crippen LogP contribution is 2.29. The lowest BCUT2D eigenvalue weighted by atomic mass is 10.2. The van der Waals surface area contributed by atoms with Crippen molar-refractivity contribution in [2.24, 2.45) is 0 Å². The molecule has 0 unspecified atom stereocenters. The number of nitrogens with one attached hydrogen (secondary N) is 1. The number of carbonyl (C=O) groups is 2. The summed E-state index contributed by atoms with van der Waals surface area (Å²) in [5.74, 6) is -0.174. The molecule has 0 atom stereocenters. The van der Waals surface area contributed by atoms with Crippen LogP contribution in [-0.2, 0) is 6.54 Å². The average molecular weight is 349 g/mol. The molecule has 2 aromatic rings. The number of ether oxygens (including phenoxy) is 2. The predicted octanol–water partition coefficient (Wildman–Crippen LogP) is 3.17. The van der Waals surface area contributed by atoms with E-state index in [1.807, 2.05) is 13.8 Å². The van der Waals surface area contributed by atoms with Crippen LogP contribution in [0.25, 0.3) is 0 Å². The molecule has 0 radical (unpaired) electrons. The largest absolute Gasteiger partial charge is 0.493 e. The lowest BCUT2D eigenvalue weighted by molar-refractivity contribution is 0.0702. The van der Waals surface area contributed by atoms with Crippen LogP contribution < -0.4 is 14.8 Å². The lowest BCUT2D eigenvalue weighted by Gasteiger charge is -2.14. The maximum Gasteiger partial charge on any atom is 0.345 e. The first kappa shape index (κ1) is 17.8. The van der Waals surface area contributed by atoms with Gasteiger partial charge < -0.3 is 19.9 Å². The molecule has 0 fully saturated rings. The standard InChI is InChI=1S/C17H19NO5S/c1-10(2)23-13-6-4-11(8-14(13)22-3)16(19)18-9-12-5-7-15(24-12)17(20)21/h4-8,10H,9H2,1-3H3,(H,18,19)(H,20,21). The fourth-order valence-corrected chi connectivity index (χ4v) is 2.80. The van der Waals surface area contributed by atoms with Crippen LogP contribution >= 0.6 is 11.3 Å². The van der Waals surface area contributed by atoms with Crippen LogP contribution in [0, 0.1) is 0 Å². The molecule has 6 nitrogen and oxygen atoms in total. The minimum absolute atomic E-state index is 0.000774. The van der Waals surface area contributed by atoms with E-state index in [4.69, 9.17) is 14.6 Å². The van der Waals surface area contributed by atoms with Gasteiger partial charge in [-0.2, -0.15) is 0 Å². The highest BCUT2D eigenvalue weighted by Gasteiger charge is 2.13. The van der Waals surface area contributed by atoms with Crippen LogP contribution in [0.4, 0.5) is 0 Å². The van der Waals surface area contributed by atoms with Crippen molar-refractivity contribution in [2.75, 3.05) is 7.11 Å². The predicted molar refractivity (Wildman–Crippen MR) is 91.2 cm³/mol. The van der Waals surface area contributed by atoms with E-state index in [2.05, 4.69) is 5.32 Å². The molecule has 2 rings (SSSR count). The quantitative estimate of drug-likeness (QED) is 0.802. The van der Waals surface area contributed by atoms with Crippen LogP contribution in [0.3, 0.4) is 0 Å². The lowest BCUT2D eigenvalue weighted by Crippen LogP contribution is -2.22. The van der Waals surface area contributed by atoms with Gasteiger partial charge in [-0.15, -0.1) is 11.3 Å². The molecule has 0 saturated carbocycles. The van der Waals surface area contributed by atoms with E-state index in [1.54, 1.807) is 24.3 Å². The number of aromatic carboxylic acids is 1. The number of benzene rings is 1. The van der Waals surface area contributed by atoms with Gasteiger partial charge in [0.05, 0.1) is 19.8 Å². The minimum Gasteiger partial charge on any atom is -0.493 e. The summed E-state index contributed by atoms with van der Waals surface area (Å²) in [6.07, 6.45) is 0.000774. The molecule has 0 saturated heterocycles. The van der Waals surface area contributed by atoms with Crippen molar-refractivity contribution in [1.29, 1.82) is 0 Å². The zero-order chi connectivity index (χ0) is 17.7. The van der Waals surface area contributed by atoms with E-state index < -0.39 is 5.97 Å². The van der Waals surface area contributed by atoms with Gasteiger partial charge in [0.25, 0.3) is 5.91 Å². The molecule has 2 N–H and O–H groups in total. The Morgan fingerprint density at radius 2 is 1.96 bits per heavy atom. The van der Waals surface area contributed by atoms with E-state index >= 15 is 0 Å². The summed E-state index contributed by atoms with van der Waals surface area (Å²) in [6.45, 7) is 4.09. The number of hydrogen-bond donors (Lipinski definition) is 2. The molecule has 0 aliphatic carbocycles. The van der Waals surface area contributed by atoms with E-state index in [-0.39, 0.29) is 23.4 Å². The number of hydrogen-bond acceptors (Lipinski definition) is 5. The minimum atomic E-state index is -0.969. The number of rotatable bonds is 7. The number of methoxy groups -OCH3 is 1. The fraction of sp³-hybridized carbons (Fsp3) is 0.294. The van der Waals surface area contributed by atoms with Gasteiger partial charge in [-0.3, -0.25) is 4.79 Å². The van der Waals surface area contributed by atoms with Gasteiger partial charge in [0.2, 0.25) is 0 Å². The summed E-state index contributed by atoms with van der Waals surface area (Å²) in [4.78, 5) is 24.1. The first-order valence-electron chi connectivity index (χ1n) is 7.35. The second kappa shape index (κ2) is 7.83. The Morgan fingerprint density at radius 1 is 1.21 bits per heavy atom. The molecule has 1 aromatic heterocycles. The average Bonchev–Trinajstić information content (AvgIpc) is 3.01. The van der Waals surface area contributed by atoms with Crippen LogP contribution in [-0.4, -0.2) is 30.2 Å². The molecule has 7 heteroatoms. The van der Waals surface area contributed by atoms with Crippen LogP contribution in [0.1, 0.15) is 38.8 Å². The molecule has 24 heavy (non-hydrogen) atoms. The molecule has 0 bridgehead atoms. The summed E-state index contributed by atoms with van der Waals surface area (Å²) in [5, 5.41) is 11.7. The van der Waals surface area contributed by atoms with Crippen molar-refractivity contribution in [3.05, 3.63) is 45.6 Å². The normalized spacial score (nSPS) is 10.5. The van der Waals surface area contributed by atoms with Crippen molar-refractivity contribution < 1.29 is 24.2 Å². The summed E-state index contributed by atoms with van der Waals surface area (Å²) in [5.41, 5.74) is 0.443. The number of carboxylic acid groups (broad SMARTS) is 1. The zero-order valence-corrected chi connectivity index (χ0v) is 14.5. The van der Waals surface area contributed by atoms with Crippen molar-refractivity contribution in [2.45, 2.75) is 26.5 Å². The van der Waals surface area contributed by atoms with Crippen molar-refractivity contribution in [1.82, 2.24) is 5.32 Å². The maximum absolute atomic E-state index is 12.2. The third-order valence-electron chi connectivity index (χ3n) is 3.08. The highest BCUT2D eigenvalue weighted by molar-refractivity contribution is 7.13. The monoisotopic (exact) mass is 349 g/mol. The molecular weight excluding hydrogens is 330 g/mol. The third-order valence-corrected chi connectivity index (χ3v) is 4.16. The Kier molecular flexibility index (Phi) is 5.81. The fourth-order valence-electron chi connectivity index (χ4n) is 2.02. The van der Waals surface area contributed by atoms with Gasteiger partial charge in [-0.1, -0.05) is 0 Å². The van der Waals surface area contributed by atoms with E-state index in [1.165, 1.54) is 13.2 Å². The molecular formula is C17H19NO5S. The number of carboxylic acids is 1. The summed E-state index contributed by atoms with van der Waals surface area (Å²) >= 11 is 1.14. The maximum atomic E-state index is 12.2. The number of amides is 1.